The van der Waals surface area contributed by atoms with Crippen molar-refractivity contribution < 1.29 is 18.3 Å². The zero-order valence-corrected chi connectivity index (χ0v) is 13.0. The molecule has 0 bridgehead atoms. The molecule has 3 rings (SSSR count). The second-order valence-corrected chi connectivity index (χ2v) is 6.18. The van der Waals surface area contributed by atoms with Crippen molar-refractivity contribution in [2.24, 2.45) is 5.92 Å². The smallest absolute Gasteiger partial charge is 0.394 e. The molecule has 2 heterocycles. The zero-order chi connectivity index (χ0) is 17.4. The maximum absolute atomic E-state index is 13.2. The number of aromatic nitrogens is 3. The van der Waals surface area contributed by atoms with Gasteiger partial charge in [0.05, 0.1) is 12.1 Å². The van der Waals surface area contributed by atoms with Crippen LogP contribution in [-0.4, -0.2) is 32.2 Å². The number of nitrogens with zero attached hydrogens (tertiary/aromatic N) is 3. The Bertz CT molecular complexity index is 719. The molecule has 8 heteroatoms. The Morgan fingerprint density at radius 1 is 1.29 bits per heavy atom. The molecule has 2 aromatic rings. The van der Waals surface area contributed by atoms with Gasteiger partial charge < -0.3 is 10.4 Å². The van der Waals surface area contributed by atoms with Crippen molar-refractivity contribution in [3.63, 3.8) is 0 Å². The average Bonchev–Trinajstić information content (AvgIpc) is 3.40. The maximum Gasteiger partial charge on any atom is 0.433 e. The second-order valence-electron chi connectivity index (χ2n) is 6.18. The third kappa shape index (κ3) is 3.48. The van der Waals surface area contributed by atoms with Crippen LogP contribution in [0.4, 0.5) is 19.0 Å². The fraction of sp³-hybridized carbons (Fsp3) is 0.438. The predicted molar refractivity (Wildman–Crippen MR) is 82.1 cm³/mol. The van der Waals surface area contributed by atoms with Gasteiger partial charge in [0.15, 0.2) is 11.5 Å². The standard InChI is InChI=1S/C16H17F3N4O/c1-15(9-24,11-4-5-11)23-13-7-12(16(17,18)19)21-14(22-13)10-3-2-6-20-8-10/h2-3,6-8,11,24H,4-5,9H2,1H3,(H,21,22,23). The Labute approximate surface area is 137 Å². The van der Waals surface area contributed by atoms with Crippen molar-refractivity contribution in [1.82, 2.24) is 15.0 Å². The van der Waals surface area contributed by atoms with Crippen LogP contribution in [0.2, 0.25) is 0 Å². The van der Waals surface area contributed by atoms with Crippen LogP contribution in [0.1, 0.15) is 25.5 Å². The number of nitrogens with one attached hydrogen (secondary N) is 1. The average molecular weight is 338 g/mol. The van der Waals surface area contributed by atoms with E-state index in [0.29, 0.717) is 5.56 Å². The molecule has 1 atom stereocenters. The van der Waals surface area contributed by atoms with Crippen molar-refractivity contribution in [2.75, 3.05) is 11.9 Å². The first-order valence-corrected chi connectivity index (χ1v) is 7.57. The fourth-order valence-electron chi connectivity index (χ4n) is 2.56. The maximum atomic E-state index is 13.2. The van der Waals surface area contributed by atoms with Crippen molar-refractivity contribution in [3.05, 3.63) is 36.3 Å². The van der Waals surface area contributed by atoms with E-state index in [1.54, 1.807) is 19.1 Å². The molecule has 24 heavy (non-hydrogen) atoms. The predicted octanol–water partition coefficient (Wildman–Crippen LogP) is 3.13. The lowest BCUT2D eigenvalue weighted by molar-refractivity contribution is -0.141. The van der Waals surface area contributed by atoms with Gasteiger partial charge in [-0.05, 0) is 37.8 Å². The van der Waals surface area contributed by atoms with Gasteiger partial charge in [0.2, 0.25) is 0 Å². The molecule has 2 aromatic heterocycles. The van der Waals surface area contributed by atoms with Gasteiger partial charge in [-0.25, -0.2) is 9.97 Å². The third-order valence-electron chi connectivity index (χ3n) is 4.16. The van der Waals surface area contributed by atoms with Crippen LogP contribution in [0, 0.1) is 5.92 Å². The van der Waals surface area contributed by atoms with E-state index in [-0.39, 0.29) is 24.2 Å². The van der Waals surface area contributed by atoms with Crippen LogP contribution < -0.4 is 5.32 Å². The van der Waals surface area contributed by atoms with E-state index in [2.05, 4.69) is 20.3 Å². The molecule has 0 aromatic carbocycles. The minimum Gasteiger partial charge on any atom is -0.394 e. The quantitative estimate of drug-likeness (QED) is 0.876. The van der Waals surface area contributed by atoms with Gasteiger partial charge in [0, 0.05) is 24.0 Å². The Morgan fingerprint density at radius 2 is 2.04 bits per heavy atom. The molecule has 0 spiro atoms. The van der Waals surface area contributed by atoms with E-state index in [9.17, 15) is 18.3 Å². The highest BCUT2D eigenvalue weighted by atomic mass is 19.4. The summed E-state index contributed by atoms with van der Waals surface area (Å²) >= 11 is 0. The first kappa shape index (κ1) is 16.6. The number of aliphatic hydroxyl groups is 1. The van der Waals surface area contributed by atoms with Crippen LogP contribution in [-0.2, 0) is 6.18 Å². The Morgan fingerprint density at radius 3 is 2.58 bits per heavy atom. The van der Waals surface area contributed by atoms with Crippen molar-refractivity contribution in [3.8, 4) is 11.4 Å². The molecule has 2 N–H and O–H groups in total. The minimum absolute atomic E-state index is 0.0413. The molecule has 5 nitrogen and oxygen atoms in total. The van der Waals surface area contributed by atoms with Crippen molar-refractivity contribution in [1.29, 1.82) is 0 Å². The van der Waals surface area contributed by atoms with Crippen molar-refractivity contribution >= 4 is 5.82 Å². The molecule has 1 aliphatic rings. The van der Waals surface area contributed by atoms with Crippen LogP contribution in [0.5, 0.6) is 0 Å². The number of aliphatic hydroxyl groups excluding tert-OH is 1. The number of halogens is 3. The fourth-order valence-corrected chi connectivity index (χ4v) is 2.56. The molecule has 1 unspecified atom stereocenters. The number of hydrogen-bond donors (Lipinski definition) is 2. The molecule has 0 radical (unpaired) electrons. The summed E-state index contributed by atoms with van der Waals surface area (Å²) in [5.74, 6) is 0.199. The van der Waals surface area contributed by atoms with Gasteiger partial charge in [0.25, 0.3) is 0 Å². The molecule has 0 amide bonds. The van der Waals surface area contributed by atoms with Gasteiger partial charge in [-0.1, -0.05) is 0 Å². The largest absolute Gasteiger partial charge is 0.433 e. The summed E-state index contributed by atoms with van der Waals surface area (Å²) in [6, 6.07) is 4.07. The van der Waals surface area contributed by atoms with E-state index < -0.39 is 17.4 Å². The van der Waals surface area contributed by atoms with Gasteiger partial charge in [-0.15, -0.1) is 0 Å². The SMILES string of the molecule is CC(CO)(Nc1cc(C(F)(F)F)nc(-c2cccnc2)n1)C1CC1. The van der Waals surface area contributed by atoms with Gasteiger partial charge in [-0.2, -0.15) is 13.2 Å². The molecule has 1 saturated carbocycles. The van der Waals surface area contributed by atoms with E-state index in [4.69, 9.17) is 0 Å². The summed E-state index contributed by atoms with van der Waals surface area (Å²) in [6.07, 6.45) is 0.191. The van der Waals surface area contributed by atoms with E-state index in [1.165, 1.54) is 12.4 Å². The second kappa shape index (κ2) is 6.01. The monoisotopic (exact) mass is 338 g/mol. The van der Waals surface area contributed by atoms with Gasteiger partial charge in [-0.3, -0.25) is 4.98 Å². The zero-order valence-electron chi connectivity index (χ0n) is 13.0. The normalized spacial score (nSPS) is 17.4. The third-order valence-corrected chi connectivity index (χ3v) is 4.16. The topological polar surface area (TPSA) is 70.9 Å². The highest BCUT2D eigenvalue weighted by Crippen LogP contribution is 2.41. The van der Waals surface area contributed by atoms with E-state index in [0.717, 1.165) is 18.9 Å². The molecule has 128 valence electrons. The summed E-state index contributed by atoms with van der Waals surface area (Å²) in [4.78, 5) is 11.7. The van der Waals surface area contributed by atoms with Crippen LogP contribution in [0.3, 0.4) is 0 Å². The summed E-state index contributed by atoms with van der Waals surface area (Å²) in [7, 11) is 0. The van der Waals surface area contributed by atoms with Crippen LogP contribution >= 0.6 is 0 Å². The van der Waals surface area contributed by atoms with E-state index in [1.807, 2.05) is 0 Å². The number of hydrogen-bond acceptors (Lipinski definition) is 5. The van der Waals surface area contributed by atoms with Crippen molar-refractivity contribution in [2.45, 2.75) is 31.5 Å². The number of rotatable bonds is 5. The lowest BCUT2D eigenvalue weighted by Crippen LogP contribution is -2.41. The summed E-state index contributed by atoms with van der Waals surface area (Å²) in [5.41, 5.74) is -1.35. The molecule has 1 fully saturated rings. The minimum atomic E-state index is -4.59. The molecule has 1 aliphatic carbocycles. The summed E-state index contributed by atoms with van der Waals surface area (Å²) < 4.78 is 39.5. The number of alkyl halides is 3. The summed E-state index contributed by atoms with van der Waals surface area (Å²) in [6.45, 7) is 1.59. The highest BCUT2D eigenvalue weighted by molar-refractivity contribution is 5.57. The highest BCUT2D eigenvalue weighted by Gasteiger charge is 2.42. The Kier molecular flexibility index (Phi) is 4.16. The number of anilines is 1. The number of pyridine rings is 1. The van der Waals surface area contributed by atoms with Gasteiger partial charge >= 0.3 is 6.18 Å². The van der Waals surface area contributed by atoms with Gasteiger partial charge in [0.1, 0.15) is 5.82 Å². The lowest BCUT2D eigenvalue weighted by Gasteiger charge is -2.29. The molecular formula is C16H17F3N4O. The van der Waals surface area contributed by atoms with Crippen LogP contribution in [0.25, 0.3) is 11.4 Å². The summed E-state index contributed by atoms with van der Waals surface area (Å²) in [5, 5.41) is 12.6. The Hall–Kier alpha value is -2.22. The first-order chi connectivity index (χ1) is 11.3. The first-order valence-electron chi connectivity index (χ1n) is 7.57. The van der Waals surface area contributed by atoms with Crippen LogP contribution in [0.15, 0.2) is 30.6 Å². The lowest BCUT2D eigenvalue weighted by atomic mass is 9.97. The molecule has 0 aliphatic heterocycles. The molecular weight excluding hydrogens is 321 g/mol. The van der Waals surface area contributed by atoms with E-state index >= 15 is 0 Å². The Balaban J connectivity index is 2.02. The molecule has 0 saturated heterocycles.